The Morgan fingerprint density at radius 1 is 1.12 bits per heavy atom. The van der Waals surface area contributed by atoms with Crippen molar-refractivity contribution >= 4 is 28.5 Å². The van der Waals surface area contributed by atoms with Crippen molar-refractivity contribution in [3.8, 4) is 17.1 Å². The predicted octanol–water partition coefficient (Wildman–Crippen LogP) is 2.60. The number of nitrogens with zero attached hydrogens (tertiary/aromatic N) is 3. The quantitative estimate of drug-likeness (QED) is 0.241. The molecule has 1 fully saturated rings. The molecule has 4 N–H and O–H groups in total. The minimum atomic E-state index is -1.01. The number of hydrogen-bond acceptors (Lipinski definition) is 8. The third kappa shape index (κ3) is 5.07. The topological polar surface area (TPSA) is 144 Å². The summed E-state index contributed by atoms with van der Waals surface area (Å²) in [6.07, 6.45) is 1.92. The van der Waals surface area contributed by atoms with Gasteiger partial charge in [-0.1, -0.05) is 12.1 Å². The number of likely N-dealkylation sites (tertiary alicyclic amines) is 1. The summed E-state index contributed by atoms with van der Waals surface area (Å²) in [6, 6.07) is 10.6. The summed E-state index contributed by atoms with van der Waals surface area (Å²) < 4.78 is 19.1. The number of halogens is 1. The SMILES string of the molecule is CN1CCC(N2C(=O)c3cc4nc(-c5c(NCC(O)COc6ccccc6F)cc[nH]c5=O)[nH]c4cc3C2=O)CC1. The molecule has 0 radical (unpaired) electrons. The van der Waals surface area contributed by atoms with Crippen LogP contribution in [0.4, 0.5) is 10.1 Å². The number of aromatic nitrogens is 3. The molecule has 0 spiro atoms. The number of imidazole rings is 1. The molecule has 212 valence electrons. The van der Waals surface area contributed by atoms with Crippen LogP contribution in [0.25, 0.3) is 22.4 Å². The average molecular weight is 561 g/mol. The number of aliphatic hydroxyl groups is 1. The maximum Gasteiger partial charge on any atom is 0.261 e. The highest BCUT2D eigenvalue weighted by Crippen LogP contribution is 2.32. The van der Waals surface area contributed by atoms with E-state index in [0.717, 1.165) is 25.9 Å². The molecule has 4 aromatic rings. The lowest BCUT2D eigenvalue weighted by Crippen LogP contribution is -2.46. The van der Waals surface area contributed by atoms with Crippen molar-refractivity contribution in [3.05, 3.63) is 76.0 Å². The maximum absolute atomic E-state index is 13.8. The molecule has 2 aromatic heterocycles. The molecule has 2 aromatic carbocycles. The zero-order valence-corrected chi connectivity index (χ0v) is 22.3. The first-order chi connectivity index (χ1) is 19.8. The average Bonchev–Trinajstić information content (AvgIpc) is 3.48. The van der Waals surface area contributed by atoms with Crippen LogP contribution in [0.3, 0.4) is 0 Å². The van der Waals surface area contributed by atoms with E-state index in [1.165, 1.54) is 23.2 Å². The third-order valence-electron chi connectivity index (χ3n) is 7.57. The minimum Gasteiger partial charge on any atom is -0.488 e. The Hall–Kier alpha value is -4.55. The summed E-state index contributed by atoms with van der Waals surface area (Å²) in [4.78, 5) is 53.2. The number of para-hydroxylation sites is 1. The number of aromatic amines is 2. The van der Waals surface area contributed by atoms with Crippen LogP contribution in [-0.2, 0) is 0 Å². The Labute approximate surface area is 234 Å². The molecule has 2 aliphatic heterocycles. The highest BCUT2D eigenvalue weighted by molar-refractivity contribution is 6.23. The van der Waals surface area contributed by atoms with Gasteiger partial charge < -0.3 is 30.0 Å². The second-order valence-corrected chi connectivity index (χ2v) is 10.4. The number of fused-ring (bicyclic) bond motifs is 2. The molecule has 1 atom stereocenters. The predicted molar refractivity (Wildman–Crippen MR) is 150 cm³/mol. The number of imide groups is 1. The molecule has 2 aliphatic rings. The van der Waals surface area contributed by atoms with Gasteiger partial charge in [0, 0.05) is 18.8 Å². The summed E-state index contributed by atoms with van der Waals surface area (Å²) in [7, 11) is 2.02. The monoisotopic (exact) mass is 560 g/mol. The normalized spacial score (nSPS) is 16.8. The minimum absolute atomic E-state index is 0.00915. The van der Waals surface area contributed by atoms with Gasteiger partial charge in [-0.05, 0) is 63.3 Å². The number of benzene rings is 2. The Morgan fingerprint density at radius 3 is 2.61 bits per heavy atom. The van der Waals surface area contributed by atoms with Gasteiger partial charge in [0.15, 0.2) is 11.6 Å². The van der Waals surface area contributed by atoms with Crippen LogP contribution in [0.2, 0.25) is 0 Å². The van der Waals surface area contributed by atoms with Crippen LogP contribution < -0.4 is 15.6 Å². The largest absolute Gasteiger partial charge is 0.488 e. The van der Waals surface area contributed by atoms with E-state index >= 15 is 0 Å². The fraction of sp³-hybridized carbons (Fsp3) is 0.310. The fourth-order valence-electron chi connectivity index (χ4n) is 5.36. The number of carbonyl (C=O) groups is 2. The van der Waals surface area contributed by atoms with Gasteiger partial charge in [-0.25, -0.2) is 9.37 Å². The number of rotatable bonds is 8. The summed E-state index contributed by atoms with van der Waals surface area (Å²) in [5.41, 5.74) is 1.73. The van der Waals surface area contributed by atoms with Gasteiger partial charge in [0.05, 0.1) is 27.8 Å². The number of piperidine rings is 1. The van der Waals surface area contributed by atoms with Crippen molar-refractivity contribution in [2.45, 2.75) is 25.0 Å². The first-order valence-corrected chi connectivity index (χ1v) is 13.4. The Kier molecular flexibility index (Phi) is 7.01. The molecule has 41 heavy (non-hydrogen) atoms. The van der Waals surface area contributed by atoms with E-state index in [1.54, 1.807) is 30.3 Å². The summed E-state index contributed by atoms with van der Waals surface area (Å²) in [6.45, 7) is 1.48. The number of amides is 2. The van der Waals surface area contributed by atoms with E-state index in [2.05, 4.69) is 25.2 Å². The van der Waals surface area contributed by atoms with Gasteiger partial charge in [-0.2, -0.15) is 0 Å². The summed E-state index contributed by atoms with van der Waals surface area (Å²) in [5, 5.41) is 13.4. The lowest BCUT2D eigenvalue weighted by Gasteiger charge is -2.33. The van der Waals surface area contributed by atoms with Gasteiger partial charge >= 0.3 is 0 Å². The van der Waals surface area contributed by atoms with E-state index in [1.807, 2.05) is 7.05 Å². The van der Waals surface area contributed by atoms with E-state index < -0.39 is 17.5 Å². The van der Waals surface area contributed by atoms with Gasteiger partial charge in [0.25, 0.3) is 17.4 Å². The number of aliphatic hydroxyl groups excluding tert-OH is 1. The molecule has 4 heterocycles. The number of hydrogen-bond donors (Lipinski definition) is 4. The zero-order chi connectivity index (χ0) is 28.7. The van der Waals surface area contributed by atoms with Crippen LogP contribution >= 0.6 is 0 Å². The number of carbonyl (C=O) groups excluding carboxylic acids is 2. The van der Waals surface area contributed by atoms with Gasteiger partial charge in [-0.3, -0.25) is 19.3 Å². The van der Waals surface area contributed by atoms with Crippen molar-refractivity contribution in [3.63, 3.8) is 0 Å². The number of H-pyrrole nitrogens is 2. The van der Waals surface area contributed by atoms with E-state index in [0.29, 0.717) is 27.8 Å². The number of nitrogens with one attached hydrogen (secondary N) is 3. The molecule has 1 saturated heterocycles. The smallest absolute Gasteiger partial charge is 0.261 e. The first-order valence-electron chi connectivity index (χ1n) is 13.4. The van der Waals surface area contributed by atoms with Gasteiger partial charge in [0.2, 0.25) is 0 Å². The molecule has 0 saturated carbocycles. The molecule has 2 amide bonds. The lowest BCUT2D eigenvalue weighted by atomic mass is 10.0. The molecular formula is C29H29FN6O5. The Bertz CT molecular complexity index is 1640. The fourth-order valence-corrected chi connectivity index (χ4v) is 5.36. The molecule has 0 bridgehead atoms. The summed E-state index contributed by atoms with van der Waals surface area (Å²) in [5.74, 6) is -0.902. The van der Waals surface area contributed by atoms with Gasteiger partial charge in [-0.15, -0.1) is 0 Å². The second kappa shape index (κ2) is 10.8. The molecule has 11 nitrogen and oxygen atoms in total. The molecule has 12 heteroatoms. The van der Waals surface area contributed by atoms with Crippen LogP contribution in [0, 0.1) is 5.82 Å². The molecule has 1 unspecified atom stereocenters. The summed E-state index contributed by atoms with van der Waals surface area (Å²) >= 11 is 0. The first kappa shape index (κ1) is 26.7. The molecule has 0 aliphatic carbocycles. The van der Waals surface area contributed by atoms with Crippen LogP contribution in [-0.4, -0.2) is 87.1 Å². The van der Waals surface area contributed by atoms with Crippen molar-refractivity contribution < 1.29 is 23.8 Å². The number of pyridine rings is 1. The zero-order valence-electron chi connectivity index (χ0n) is 22.3. The second-order valence-electron chi connectivity index (χ2n) is 10.4. The van der Waals surface area contributed by atoms with E-state index in [9.17, 15) is 23.9 Å². The van der Waals surface area contributed by atoms with Gasteiger partial charge in [0.1, 0.15) is 24.1 Å². The van der Waals surface area contributed by atoms with Crippen molar-refractivity contribution in [1.29, 1.82) is 0 Å². The Morgan fingerprint density at radius 2 is 1.85 bits per heavy atom. The van der Waals surface area contributed by atoms with E-state index in [-0.39, 0.29) is 48.1 Å². The Balaban J connectivity index is 1.21. The highest BCUT2D eigenvalue weighted by Gasteiger charge is 2.41. The van der Waals surface area contributed by atoms with Crippen LogP contribution in [0.1, 0.15) is 33.6 Å². The lowest BCUT2D eigenvalue weighted by molar-refractivity contribution is 0.0516. The van der Waals surface area contributed by atoms with Crippen LogP contribution in [0.15, 0.2) is 53.5 Å². The van der Waals surface area contributed by atoms with E-state index in [4.69, 9.17) is 4.74 Å². The van der Waals surface area contributed by atoms with Crippen molar-refractivity contribution in [2.75, 3.05) is 38.6 Å². The standard InChI is InChI=1S/C29H29FN6O5/c1-35-10-7-16(8-11-35)36-28(39)18-12-22-23(13-19(18)29(36)40)34-26(33-22)25-21(6-9-31-27(25)38)32-14-17(37)15-41-24-5-3-2-4-20(24)30/h2-6,9,12-13,16-17,37H,7-8,10-11,14-15H2,1H3,(H,33,34)(H2,31,32,38). The molecular weight excluding hydrogens is 531 g/mol. The van der Waals surface area contributed by atoms with Crippen molar-refractivity contribution in [1.82, 2.24) is 24.8 Å². The third-order valence-corrected chi connectivity index (χ3v) is 7.57. The highest BCUT2D eigenvalue weighted by atomic mass is 19.1. The number of ether oxygens (including phenoxy) is 1. The maximum atomic E-state index is 13.8. The molecule has 6 rings (SSSR count). The number of anilines is 1. The van der Waals surface area contributed by atoms with Crippen molar-refractivity contribution in [2.24, 2.45) is 0 Å². The van der Waals surface area contributed by atoms with Crippen LogP contribution in [0.5, 0.6) is 5.75 Å².